The van der Waals surface area contributed by atoms with E-state index in [9.17, 15) is 0 Å². The summed E-state index contributed by atoms with van der Waals surface area (Å²) in [4.78, 5) is 7.92. The van der Waals surface area contributed by atoms with E-state index in [0.29, 0.717) is 20.9 Å². The van der Waals surface area contributed by atoms with Gasteiger partial charge in [-0.3, -0.25) is 15.4 Å². The van der Waals surface area contributed by atoms with Gasteiger partial charge in [0.25, 0.3) is 0 Å². The second-order valence-electron chi connectivity index (χ2n) is 6.57. The molecule has 0 amide bonds. The Hall–Kier alpha value is -1.54. The Morgan fingerprint density at radius 2 is 1.96 bits per heavy atom. The number of nitrogens with one attached hydrogen (secondary N) is 2. The lowest BCUT2D eigenvalue weighted by Gasteiger charge is -2.37. The van der Waals surface area contributed by atoms with Crippen molar-refractivity contribution in [2.75, 3.05) is 18.0 Å². The molecular formula is C17H20Cl2N6S. The van der Waals surface area contributed by atoms with Crippen molar-refractivity contribution in [1.29, 1.82) is 10.8 Å². The molecule has 0 radical (unpaired) electrons. The van der Waals surface area contributed by atoms with Crippen LogP contribution < -0.4 is 16.1 Å². The average Bonchev–Trinajstić information content (AvgIpc) is 2.60. The quantitative estimate of drug-likeness (QED) is 0.529. The Labute approximate surface area is 166 Å². The fraction of sp³-hybridized carbons (Fsp3) is 0.353. The second-order valence-corrected chi connectivity index (χ2v) is 8.43. The molecular weight excluding hydrogens is 391 g/mol. The molecule has 4 N–H and O–H groups in total. The van der Waals surface area contributed by atoms with Crippen molar-refractivity contribution in [3.8, 4) is 0 Å². The highest BCUT2D eigenvalue weighted by molar-refractivity contribution is 7.99. The maximum atomic E-state index is 8.48. The lowest BCUT2D eigenvalue weighted by atomic mass is 9.91. The Morgan fingerprint density at radius 1 is 1.27 bits per heavy atom. The lowest BCUT2D eigenvalue weighted by Crippen LogP contribution is -2.49. The van der Waals surface area contributed by atoms with E-state index < -0.39 is 0 Å². The molecule has 0 spiro atoms. The van der Waals surface area contributed by atoms with Gasteiger partial charge in [-0.05, 0) is 31.9 Å². The van der Waals surface area contributed by atoms with E-state index >= 15 is 0 Å². The third-order valence-corrected chi connectivity index (χ3v) is 6.45. The predicted octanol–water partition coefficient (Wildman–Crippen LogP) is 3.59. The average molecular weight is 411 g/mol. The zero-order valence-corrected chi connectivity index (χ0v) is 16.6. The van der Waals surface area contributed by atoms with Crippen LogP contribution in [0.4, 0.5) is 5.95 Å². The summed E-state index contributed by atoms with van der Waals surface area (Å²) >= 11 is 13.6. The van der Waals surface area contributed by atoms with E-state index in [1.54, 1.807) is 12.3 Å². The van der Waals surface area contributed by atoms with Crippen LogP contribution in [0.15, 0.2) is 34.2 Å². The number of nitrogens with two attached hydrogens (primary N) is 1. The van der Waals surface area contributed by atoms with E-state index in [2.05, 4.69) is 9.88 Å². The van der Waals surface area contributed by atoms with Gasteiger partial charge in [0, 0.05) is 29.7 Å². The number of anilines is 1. The van der Waals surface area contributed by atoms with Crippen LogP contribution in [0.1, 0.15) is 19.8 Å². The van der Waals surface area contributed by atoms with E-state index in [0.717, 1.165) is 37.2 Å². The Balaban J connectivity index is 1.92. The van der Waals surface area contributed by atoms with E-state index in [1.165, 1.54) is 16.3 Å². The van der Waals surface area contributed by atoms with Gasteiger partial charge in [-0.1, -0.05) is 41.0 Å². The molecule has 6 nitrogen and oxygen atoms in total. The van der Waals surface area contributed by atoms with Crippen molar-refractivity contribution in [3.63, 3.8) is 0 Å². The van der Waals surface area contributed by atoms with Gasteiger partial charge in [0.1, 0.15) is 5.49 Å². The Kier molecular flexibility index (Phi) is 5.62. The molecule has 0 aliphatic carbocycles. The Bertz CT molecular complexity index is 885. The van der Waals surface area contributed by atoms with Crippen LogP contribution in [0.5, 0.6) is 0 Å². The Morgan fingerprint density at radius 3 is 2.62 bits per heavy atom. The standard InChI is InChI=1S/C17H20Cl2N6S/c1-17(22)5-7-24(8-6-17)16-23-9-13(15(21)25(16)10-20)26-12-4-2-3-11(18)14(12)19/h2-4,9-10,20-21H,5-8,22H2,1H3. The number of rotatable bonds is 4. The van der Waals surface area contributed by atoms with E-state index in [4.69, 9.17) is 39.8 Å². The topological polar surface area (TPSA) is 94.8 Å². The molecule has 1 fully saturated rings. The summed E-state index contributed by atoms with van der Waals surface area (Å²) in [6.07, 6.45) is 4.45. The molecule has 1 aliphatic heterocycles. The second kappa shape index (κ2) is 7.60. The first kappa shape index (κ1) is 19.2. The van der Waals surface area contributed by atoms with E-state index in [-0.39, 0.29) is 11.0 Å². The summed E-state index contributed by atoms with van der Waals surface area (Å²) in [5.74, 6) is 0.585. The summed E-state index contributed by atoms with van der Waals surface area (Å²) in [6.45, 7) is 3.55. The fourth-order valence-electron chi connectivity index (χ4n) is 2.79. The summed E-state index contributed by atoms with van der Waals surface area (Å²) in [6, 6.07) is 5.37. The van der Waals surface area contributed by atoms with Gasteiger partial charge in [-0.15, -0.1) is 0 Å². The van der Waals surface area contributed by atoms with Gasteiger partial charge in [0.2, 0.25) is 5.95 Å². The van der Waals surface area contributed by atoms with Gasteiger partial charge in [0.05, 0.1) is 21.3 Å². The zero-order valence-electron chi connectivity index (χ0n) is 14.3. The molecule has 138 valence electrons. The van der Waals surface area contributed by atoms with Crippen LogP contribution in [-0.2, 0) is 0 Å². The van der Waals surface area contributed by atoms with Crippen LogP contribution >= 0.6 is 35.0 Å². The molecule has 2 heterocycles. The molecule has 1 saturated heterocycles. The largest absolute Gasteiger partial charge is 0.342 e. The first-order chi connectivity index (χ1) is 12.3. The molecule has 3 rings (SSSR count). The summed E-state index contributed by atoms with van der Waals surface area (Å²) < 4.78 is 1.47. The monoisotopic (exact) mass is 410 g/mol. The summed E-state index contributed by atoms with van der Waals surface area (Å²) in [5, 5.41) is 17.1. The third kappa shape index (κ3) is 3.91. The number of hydrogen-bond donors (Lipinski definition) is 3. The van der Waals surface area contributed by atoms with Crippen LogP contribution in [0.3, 0.4) is 0 Å². The SMILES string of the molecule is CC1(N)CCN(c2ncc(Sc3cccc(Cl)c3Cl)c(=N)n2C=N)CC1. The number of aromatic nitrogens is 2. The fourth-order valence-corrected chi connectivity index (χ4v) is 4.14. The van der Waals surface area contributed by atoms with Gasteiger partial charge < -0.3 is 10.6 Å². The van der Waals surface area contributed by atoms with Crippen LogP contribution in [0.2, 0.25) is 10.0 Å². The highest BCUT2D eigenvalue weighted by Crippen LogP contribution is 2.36. The van der Waals surface area contributed by atoms with Crippen molar-refractivity contribution in [1.82, 2.24) is 9.55 Å². The van der Waals surface area contributed by atoms with Crippen LogP contribution in [0, 0.1) is 10.8 Å². The van der Waals surface area contributed by atoms with Crippen molar-refractivity contribution in [2.24, 2.45) is 5.73 Å². The van der Waals surface area contributed by atoms with Crippen molar-refractivity contribution in [2.45, 2.75) is 35.1 Å². The first-order valence-corrected chi connectivity index (χ1v) is 9.72. The molecule has 1 aliphatic rings. The van der Waals surface area contributed by atoms with Gasteiger partial charge >= 0.3 is 0 Å². The summed E-state index contributed by atoms with van der Waals surface area (Å²) in [7, 11) is 0. The predicted molar refractivity (Wildman–Crippen MR) is 107 cm³/mol. The molecule has 9 heteroatoms. The molecule has 0 saturated carbocycles. The molecule has 26 heavy (non-hydrogen) atoms. The minimum absolute atomic E-state index is 0.172. The smallest absolute Gasteiger partial charge is 0.212 e. The lowest BCUT2D eigenvalue weighted by molar-refractivity contribution is 0.361. The van der Waals surface area contributed by atoms with E-state index in [1.807, 2.05) is 19.1 Å². The molecule has 0 atom stereocenters. The summed E-state index contributed by atoms with van der Waals surface area (Å²) in [5.41, 5.74) is 6.21. The van der Waals surface area contributed by atoms with Crippen molar-refractivity contribution >= 4 is 47.3 Å². The number of benzene rings is 1. The first-order valence-electron chi connectivity index (χ1n) is 8.15. The number of hydrogen-bond acceptors (Lipinski definition) is 6. The number of nitrogens with zero attached hydrogens (tertiary/aromatic N) is 3. The molecule has 2 aromatic rings. The van der Waals surface area contributed by atoms with Crippen molar-refractivity contribution < 1.29 is 0 Å². The van der Waals surface area contributed by atoms with Gasteiger partial charge in [0.15, 0.2) is 0 Å². The normalized spacial score (nSPS) is 16.5. The zero-order chi connectivity index (χ0) is 18.9. The van der Waals surface area contributed by atoms with Crippen LogP contribution in [0.25, 0.3) is 0 Å². The van der Waals surface area contributed by atoms with Crippen LogP contribution in [-0.4, -0.2) is 34.5 Å². The van der Waals surface area contributed by atoms with Crippen molar-refractivity contribution in [3.05, 3.63) is 39.9 Å². The minimum atomic E-state index is -0.172. The number of piperidine rings is 1. The molecule has 1 aromatic carbocycles. The van der Waals surface area contributed by atoms with Gasteiger partial charge in [-0.25, -0.2) is 4.98 Å². The highest BCUT2D eigenvalue weighted by Gasteiger charge is 2.27. The number of halogens is 2. The maximum Gasteiger partial charge on any atom is 0.212 e. The molecule has 1 aromatic heterocycles. The third-order valence-electron chi connectivity index (χ3n) is 4.44. The molecule has 0 bridgehead atoms. The van der Waals surface area contributed by atoms with Gasteiger partial charge in [-0.2, -0.15) is 0 Å². The highest BCUT2D eigenvalue weighted by atomic mass is 35.5. The minimum Gasteiger partial charge on any atom is -0.342 e. The molecule has 0 unspecified atom stereocenters. The maximum absolute atomic E-state index is 8.48.